The largest absolute Gasteiger partial charge is 0.503 e. The van der Waals surface area contributed by atoms with Crippen LogP contribution >= 0.6 is 15.9 Å². The summed E-state index contributed by atoms with van der Waals surface area (Å²) in [6.45, 7) is 1.81. The number of phenolic OH excluding ortho intramolecular Hbond substituents is 1. The molecule has 1 amide bonds. The van der Waals surface area contributed by atoms with Gasteiger partial charge in [-0.1, -0.05) is 12.1 Å². The number of carbonyl (C=O) groups excluding carboxylic acids is 2. The van der Waals surface area contributed by atoms with Gasteiger partial charge in [0, 0.05) is 29.3 Å². The van der Waals surface area contributed by atoms with E-state index in [0.29, 0.717) is 45.6 Å². The van der Waals surface area contributed by atoms with Crippen molar-refractivity contribution in [2.24, 2.45) is 10.9 Å². The van der Waals surface area contributed by atoms with E-state index in [1.807, 2.05) is 19.1 Å². The Morgan fingerprint density at radius 2 is 1.88 bits per heavy atom. The summed E-state index contributed by atoms with van der Waals surface area (Å²) in [5, 5.41) is 13.3. The number of ether oxygens (including phenoxy) is 2. The fourth-order valence-electron chi connectivity index (χ4n) is 4.59. The zero-order valence-corrected chi connectivity index (χ0v) is 20.2. The predicted octanol–water partition coefficient (Wildman–Crippen LogP) is 4.99. The number of Topliss-reactive ketones (excluding diaryl/α,β-unsaturated/α-hetero) is 1. The normalized spacial score (nSPS) is 20.1. The molecule has 2 atom stereocenters. The summed E-state index contributed by atoms with van der Waals surface area (Å²) in [7, 11) is 3.00. The van der Waals surface area contributed by atoms with Crippen LogP contribution in [0.15, 0.2) is 57.1 Å². The van der Waals surface area contributed by atoms with Gasteiger partial charge in [0.25, 0.3) is 0 Å². The van der Waals surface area contributed by atoms with Crippen molar-refractivity contribution in [2.45, 2.75) is 32.1 Å². The van der Waals surface area contributed by atoms with Crippen LogP contribution in [0.1, 0.15) is 37.7 Å². The molecule has 1 aliphatic heterocycles. The average Bonchev–Trinajstić information content (AvgIpc) is 2.80. The van der Waals surface area contributed by atoms with E-state index < -0.39 is 11.8 Å². The van der Waals surface area contributed by atoms with Gasteiger partial charge >= 0.3 is 0 Å². The highest BCUT2D eigenvalue weighted by molar-refractivity contribution is 9.10. The predicted molar refractivity (Wildman–Crippen MR) is 129 cm³/mol. The summed E-state index contributed by atoms with van der Waals surface area (Å²) in [5.74, 6) is -0.830. The molecule has 2 aromatic rings. The average molecular weight is 513 g/mol. The quantitative estimate of drug-likeness (QED) is 0.587. The molecule has 0 fully saturated rings. The second-order valence-corrected chi connectivity index (χ2v) is 8.94. The molecule has 172 valence electrons. The lowest BCUT2D eigenvalue weighted by Gasteiger charge is -2.35. The van der Waals surface area contributed by atoms with Gasteiger partial charge in [-0.15, -0.1) is 0 Å². The number of carbonyl (C=O) groups is 2. The summed E-state index contributed by atoms with van der Waals surface area (Å²) in [4.78, 5) is 31.4. The summed E-state index contributed by atoms with van der Waals surface area (Å²) >= 11 is 3.37. The van der Waals surface area contributed by atoms with E-state index in [1.165, 1.54) is 7.11 Å². The van der Waals surface area contributed by atoms with Crippen molar-refractivity contribution in [1.29, 1.82) is 0 Å². The van der Waals surface area contributed by atoms with Gasteiger partial charge in [-0.25, -0.2) is 0 Å². The zero-order valence-electron chi connectivity index (χ0n) is 18.6. The van der Waals surface area contributed by atoms with E-state index in [0.717, 1.165) is 12.1 Å². The van der Waals surface area contributed by atoms with Crippen LogP contribution in [0, 0.1) is 5.92 Å². The Labute approximate surface area is 200 Å². The maximum atomic E-state index is 13.6. The molecule has 0 saturated carbocycles. The minimum Gasteiger partial charge on any atom is -0.503 e. The Morgan fingerprint density at radius 3 is 2.61 bits per heavy atom. The molecule has 2 aliphatic rings. The van der Waals surface area contributed by atoms with Crippen LogP contribution in [0.25, 0.3) is 0 Å². The first-order valence-electron chi connectivity index (χ1n) is 10.7. The number of nitrogens with one attached hydrogen (secondary N) is 1. The van der Waals surface area contributed by atoms with Crippen LogP contribution in [-0.4, -0.2) is 36.7 Å². The molecule has 0 radical (unpaired) electrons. The van der Waals surface area contributed by atoms with Crippen LogP contribution in [0.4, 0.5) is 5.69 Å². The van der Waals surface area contributed by atoms with Gasteiger partial charge in [0.2, 0.25) is 5.91 Å². The minimum atomic E-state index is -0.725. The number of nitrogens with zero attached hydrogens (tertiary/aromatic N) is 1. The van der Waals surface area contributed by atoms with Crippen molar-refractivity contribution in [3.63, 3.8) is 0 Å². The lowest BCUT2D eigenvalue weighted by Crippen LogP contribution is -2.39. The number of hydrogen-bond acceptors (Lipinski definition) is 6. The maximum absolute atomic E-state index is 13.6. The zero-order chi connectivity index (χ0) is 23.7. The first kappa shape index (κ1) is 23.0. The van der Waals surface area contributed by atoms with Crippen molar-refractivity contribution in [1.82, 2.24) is 0 Å². The van der Waals surface area contributed by atoms with Crippen LogP contribution in [0.3, 0.4) is 0 Å². The molecule has 7 nitrogen and oxygen atoms in total. The van der Waals surface area contributed by atoms with Crippen molar-refractivity contribution in [2.75, 3.05) is 19.5 Å². The van der Waals surface area contributed by atoms with Crippen LogP contribution in [0.2, 0.25) is 0 Å². The fourth-order valence-corrected chi connectivity index (χ4v) is 5.05. The first-order valence-corrected chi connectivity index (χ1v) is 11.5. The highest BCUT2D eigenvalue weighted by Crippen LogP contribution is 2.47. The van der Waals surface area contributed by atoms with E-state index in [1.54, 1.807) is 31.4 Å². The molecule has 8 heteroatoms. The van der Waals surface area contributed by atoms with Gasteiger partial charge in [0.05, 0.1) is 30.3 Å². The number of ketones is 1. The van der Waals surface area contributed by atoms with Crippen LogP contribution in [-0.2, 0) is 9.59 Å². The smallest absolute Gasteiger partial charge is 0.234 e. The number of benzene rings is 2. The summed E-state index contributed by atoms with van der Waals surface area (Å²) in [6.07, 6.45) is 1.84. The highest BCUT2D eigenvalue weighted by atomic mass is 79.9. The Morgan fingerprint density at radius 1 is 1.15 bits per heavy atom. The van der Waals surface area contributed by atoms with Gasteiger partial charge in [-0.2, -0.15) is 0 Å². The first-order chi connectivity index (χ1) is 15.8. The van der Waals surface area contributed by atoms with Crippen molar-refractivity contribution in [3.8, 4) is 17.2 Å². The molecule has 4 rings (SSSR count). The second-order valence-electron chi connectivity index (χ2n) is 8.09. The molecule has 2 aromatic carbocycles. The third-order valence-corrected chi connectivity index (χ3v) is 6.72. The standard InChI is InChI=1S/C25H25BrN2O5/c1-13-21(25(31)28-16-7-4-5-10-19(16)32-2)22(23-17(27-13)8-6-9-18(23)29)14-11-15(26)24(30)20(12-14)33-3/h4-5,7,10-12,21-22,30H,6,8-9H2,1-3H3,(H,28,31)/t21?,22-/m1/s1. The molecule has 0 aromatic heterocycles. The van der Waals surface area contributed by atoms with Gasteiger partial charge in [-0.3, -0.25) is 14.6 Å². The lowest BCUT2D eigenvalue weighted by atomic mass is 9.71. The molecule has 0 saturated heterocycles. The van der Waals surface area contributed by atoms with Crippen LogP contribution < -0.4 is 14.8 Å². The number of aromatic hydroxyl groups is 1. The second kappa shape index (κ2) is 9.39. The molecular formula is C25H25BrN2O5. The summed E-state index contributed by atoms with van der Waals surface area (Å²) in [5.41, 5.74) is 3.15. The number of anilines is 1. The summed E-state index contributed by atoms with van der Waals surface area (Å²) < 4.78 is 11.1. The van der Waals surface area contributed by atoms with E-state index in [4.69, 9.17) is 14.5 Å². The fraction of sp³-hybridized carbons (Fsp3) is 0.320. The highest BCUT2D eigenvalue weighted by Gasteiger charge is 2.43. The number of aliphatic imine (C=N–C) groups is 1. The van der Waals surface area contributed by atoms with E-state index in [9.17, 15) is 14.7 Å². The van der Waals surface area contributed by atoms with Gasteiger partial charge in [0.15, 0.2) is 17.3 Å². The molecule has 33 heavy (non-hydrogen) atoms. The molecule has 1 aliphatic carbocycles. The Bertz CT molecular complexity index is 1190. The van der Waals surface area contributed by atoms with Crippen LogP contribution in [0.5, 0.6) is 17.2 Å². The third-order valence-electron chi connectivity index (χ3n) is 6.11. The Hall–Kier alpha value is -3.13. The maximum Gasteiger partial charge on any atom is 0.234 e. The number of phenols is 1. The lowest BCUT2D eigenvalue weighted by molar-refractivity contribution is -0.119. The minimum absolute atomic E-state index is 0.00393. The number of halogens is 1. The molecule has 2 N–H and O–H groups in total. The Balaban J connectivity index is 1.84. The van der Waals surface area contributed by atoms with Crippen molar-refractivity contribution >= 4 is 39.0 Å². The van der Waals surface area contributed by atoms with Crippen molar-refractivity contribution < 1.29 is 24.2 Å². The van der Waals surface area contributed by atoms with E-state index in [-0.39, 0.29) is 23.2 Å². The van der Waals surface area contributed by atoms with Gasteiger partial charge in [-0.05, 0) is 65.5 Å². The monoisotopic (exact) mass is 512 g/mol. The van der Waals surface area contributed by atoms with Crippen molar-refractivity contribution in [3.05, 3.63) is 57.7 Å². The number of methoxy groups -OCH3 is 2. The van der Waals surface area contributed by atoms with Gasteiger partial charge < -0.3 is 19.9 Å². The van der Waals surface area contributed by atoms with E-state index in [2.05, 4.69) is 21.2 Å². The molecular weight excluding hydrogens is 488 g/mol. The molecule has 1 heterocycles. The molecule has 0 spiro atoms. The number of rotatable bonds is 5. The SMILES string of the molecule is COc1ccccc1NC(=O)C1C(C)=NC2=C(C(=O)CCC2)[C@@H]1c1cc(Br)c(O)c(OC)c1. The third kappa shape index (κ3) is 4.27. The molecule has 0 bridgehead atoms. The number of allylic oxidation sites excluding steroid dienone is 2. The van der Waals surface area contributed by atoms with Gasteiger partial charge in [0.1, 0.15) is 5.75 Å². The number of hydrogen-bond donors (Lipinski definition) is 2. The van der Waals surface area contributed by atoms with E-state index >= 15 is 0 Å². The molecule has 1 unspecified atom stereocenters. The topological polar surface area (TPSA) is 97.2 Å². The Kier molecular flexibility index (Phi) is 6.56. The number of amides is 1. The number of para-hydroxylation sites is 2. The summed E-state index contributed by atoms with van der Waals surface area (Å²) in [6, 6.07) is 10.6.